The largest absolute Gasteiger partial charge is 0.294 e. The second-order valence-electron chi connectivity index (χ2n) is 3.82. The first-order valence-electron chi connectivity index (χ1n) is 5.21. The van der Waals surface area contributed by atoms with Gasteiger partial charge in [0.1, 0.15) is 0 Å². The van der Waals surface area contributed by atoms with Crippen LogP contribution in [0.4, 0.5) is 0 Å². The fourth-order valence-corrected chi connectivity index (χ4v) is 1.70. The van der Waals surface area contributed by atoms with Crippen molar-refractivity contribution in [1.82, 2.24) is 4.98 Å². The maximum atomic E-state index is 11.5. The van der Waals surface area contributed by atoms with Crippen LogP contribution in [0.1, 0.15) is 22.8 Å². The van der Waals surface area contributed by atoms with Crippen molar-refractivity contribution >= 4 is 5.78 Å². The predicted molar refractivity (Wildman–Crippen MR) is 64.4 cm³/mol. The third-order valence-corrected chi connectivity index (χ3v) is 2.50. The number of ketones is 1. The molecule has 0 aliphatic rings. The summed E-state index contributed by atoms with van der Waals surface area (Å²) in [5, 5.41) is 0. The van der Waals surface area contributed by atoms with E-state index in [-0.39, 0.29) is 5.78 Å². The van der Waals surface area contributed by atoms with Crippen molar-refractivity contribution in [2.75, 3.05) is 0 Å². The fourth-order valence-electron chi connectivity index (χ4n) is 1.70. The van der Waals surface area contributed by atoms with E-state index in [0.717, 1.165) is 22.4 Å². The Bertz CT molecular complexity index is 532. The Morgan fingerprint density at radius 1 is 1.19 bits per heavy atom. The lowest BCUT2D eigenvalue weighted by Gasteiger charge is -2.06. The summed E-state index contributed by atoms with van der Waals surface area (Å²) in [5.41, 5.74) is 3.62. The Hall–Kier alpha value is -1.96. The quantitative estimate of drug-likeness (QED) is 0.714. The van der Waals surface area contributed by atoms with Crippen LogP contribution in [0.5, 0.6) is 0 Å². The molecular weight excluding hydrogens is 198 g/mol. The maximum Gasteiger partial charge on any atom is 0.160 e. The number of carbonyl (C=O) groups excluding carboxylic acids is 1. The molecule has 0 aliphatic carbocycles. The van der Waals surface area contributed by atoms with Gasteiger partial charge in [-0.3, -0.25) is 9.78 Å². The molecule has 0 saturated heterocycles. The number of pyridine rings is 1. The van der Waals surface area contributed by atoms with Gasteiger partial charge < -0.3 is 0 Å². The lowest BCUT2D eigenvalue weighted by molar-refractivity contribution is 0.101. The van der Waals surface area contributed by atoms with Crippen LogP contribution in [0.3, 0.4) is 0 Å². The molecule has 0 atom stereocenters. The van der Waals surface area contributed by atoms with E-state index in [1.54, 1.807) is 13.1 Å². The van der Waals surface area contributed by atoms with E-state index in [4.69, 9.17) is 0 Å². The number of hydrogen-bond donors (Lipinski definition) is 0. The molecule has 0 unspecified atom stereocenters. The smallest absolute Gasteiger partial charge is 0.160 e. The van der Waals surface area contributed by atoms with Crippen LogP contribution in [0, 0.1) is 6.92 Å². The Labute approximate surface area is 95.0 Å². The van der Waals surface area contributed by atoms with Gasteiger partial charge in [-0.1, -0.05) is 24.3 Å². The lowest BCUT2D eigenvalue weighted by Crippen LogP contribution is -1.96. The van der Waals surface area contributed by atoms with Crippen LogP contribution < -0.4 is 0 Å². The molecule has 0 radical (unpaired) electrons. The standard InChI is InChI=1S/C14H13NO/c1-10-7-8-15-14(9-10)13-6-4-3-5-12(13)11(2)16/h3-9H,1-2H3. The van der Waals surface area contributed by atoms with Gasteiger partial charge in [0, 0.05) is 17.3 Å². The number of carbonyl (C=O) groups is 1. The summed E-state index contributed by atoms with van der Waals surface area (Å²) < 4.78 is 0. The topological polar surface area (TPSA) is 30.0 Å². The highest BCUT2D eigenvalue weighted by Gasteiger charge is 2.08. The average Bonchev–Trinajstić information content (AvgIpc) is 2.29. The van der Waals surface area contributed by atoms with Crippen LogP contribution in [0.2, 0.25) is 0 Å². The van der Waals surface area contributed by atoms with Gasteiger partial charge in [0.2, 0.25) is 0 Å². The summed E-state index contributed by atoms with van der Waals surface area (Å²) in [5.74, 6) is 0.0684. The van der Waals surface area contributed by atoms with Gasteiger partial charge in [-0.05, 0) is 31.5 Å². The van der Waals surface area contributed by atoms with Gasteiger partial charge in [0.25, 0.3) is 0 Å². The fraction of sp³-hybridized carbons (Fsp3) is 0.143. The minimum Gasteiger partial charge on any atom is -0.294 e. The number of nitrogens with zero attached hydrogens (tertiary/aromatic N) is 1. The summed E-state index contributed by atoms with van der Waals surface area (Å²) in [4.78, 5) is 15.8. The third-order valence-electron chi connectivity index (χ3n) is 2.50. The van der Waals surface area contributed by atoms with E-state index in [2.05, 4.69) is 4.98 Å². The highest BCUT2D eigenvalue weighted by Crippen LogP contribution is 2.22. The summed E-state index contributed by atoms with van der Waals surface area (Å²) >= 11 is 0. The molecule has 0 bridgehead atoms. The Morgan fingerprint density at radius 2 is 1.94 bits per heavy atom. The summed E-state index contributed by atoms with van der Waals surface area (Å²) in [6.07, 6.45) is 1.77. The summed E-state index contributed by atoms with van der Waals surface area (Å²) in [7, 11) is 0. The minimum absolute atomic E-state index is 0.0684. The first-order valence-corrected chi connectivity index (χ1v) is 5.21. The molecule has 16 heavy (non-hydrogen) atoms. The first kappa shape index (κ1) is 10.6. The number of aryl methyl sites for hydroxylation is 1. The normalized spacial score (nSPS) is 10.1. The second kappa shape index (κ2) is 4.27. The number of rotatable bonds is 2. The Kier molecular flexibility index (Phi) is 2.82. The highest BCUT2D eigenvalue weighted by molar-refractivity contribution is 6.00. The molecule has 2 heteroatoms. The van der Waals surface area contributed by atoms with E-state index in [9.17, 15) is 4.79 Å². The summed E-state index contributed by atoms with van der Waals surface area (Å²) in [6.45, 7) is 3.59. The van der Waals surface area contributed by atoms with Crippen molar-refractivity contribution in [3.05, 3.63) is 53.7 Å². The molecule has 0 fully saturated rings. The molecule has 1 aromatic heterocycles. The van der Waals surface area contributed by atoms with Gasteiger partial charge in [0.15, 0.2) is 5.78 Å². The van der Waals surface area contributed by atoms with Crippen molar-refractivity contribution in [2.45, 2.75) is 13.8 Å². The third kappa shape index (κ3) is 2.01. The van der Waals surface area contributed by atoms with E-state index in [1.807, 2.05) is 43.3 Å². The van der Waals surface area contributed by atoms with Crippen LogP contribution in [-0.4, -0.2) is 10.8 Å². The zero-order valence-corrected chi connectivity index (χ0v) is 9.40. The van der Waals surface area contributed by atoms with E-state index in [1.165, 1.54) is 0 Å². The van der Waals surface area contributed by atoms with E-state index >= 15 is 0 Å². The van der Waals surface area contributed by atoms with Gasteiger partial charge >= 0.3 is 0 Å². The van der Waals surface area contributed by atoms with Crippen molar-refractivity contribution in [3.8, 4) is 11.3 Å². The second-order valence-corrected chi connectivity index (χ2v) is 3.82. The van der Waals surface area contributed by atoms with Gasteiger partial charge in [-0.15, -0.1) is 0 Å². The summed E-state index contributed by atoms with van der Waals surface area (Å²) in [6, 6.07) is 11.5. The van der Waals surface area contributed by atoms with E-state index < -0.39 is 0 Å². The number of benzene rings is 1. The van der Waals surface area contributed by atoms with Crippen LogP contribution in [0.15, 0.2) is 42.6 Å². The van der Waals surface area contributed by atoms with Crippen molar-refractivity contribution < 1.29 is 4.79 Å². The zero-order valence-electron chi connectivity index (χ0n) is 9.40. The molecule has 0 amide bonds. The van der Waals surface area contributed by atoms with Gasteiger partial charge in [0.05, 0.1) is 5.69 Å². The zero-order chi connectivity index (χ0) is 11.5. The van der Waals surface area contributed by atoms with E-state index in [0.29, 0.717) is 0 Å². The van der Waals surface area contributed by atoms with Crippen molar-refractivity contribution in [3.63, 3.8) is 0 Å². The molecule has 0 N–H and O–H groups in total. The molecule has 1 aromatic carbocycles. The van der Waals surface area contributed by atoms with Gasteiger partial charge in [-0.2, -0.15) is 0 Å². The average molecular weight is 211 g/mol. The molecular formula is C14H13NO. The molecule has 80 valence electrons. The molecule has 2 rings (SSSR count). The molecule has 0 aliphatic heterocycles. The van der Waals surface area contributed by atoms with Crippen LogP contribution in [0.25, 0.3) is 11.3 Å². The highest BCUT2D eigenvalue weighted by atomic mass is 16.1. The number of aromatic nitrogens is 1. The monoisotopic (exact) mass is 211 g/mol. The van der Waals surface area contributed by atoms with Gasteiger partial charge in [-0.25, -0.2) is 0 Å². The molecule has 0 saturated carbocycles. The SMILES string of the molecule is CC(=O)c1ccccc1-c1cc(C)ccn1. The molecule has 2 aromatic rings. The van der Waals surface area contributed by atoms with Crippen LogP contribution >= 0.6 is 0 Å². The van der Waals surface area contributed by atoms with Crippen molar-refractivity contribution in [2.24, 2.45) is 0 Å². The maximum absolute atomic E-state index is 11.5. The van der Waals surface area contributed by atoms with Crippen molar-refractivity contribution in [1.29, 1.82) is 0 Å². The minimum atomic E-state index is 0.0684. The first-order chi connectivity index (χ1) is 7.68. The Morgan fingerprint density at radius 3 is 2.62 bits per heavy atom. The number of Topliss-reactive ketones (excluding diaryl/α,β-unsaturated/α-hetero) is 1. The molecule has 1 heterocycles. The molecule has 0 spiro atoms. The molecule has 2 nitrogen and oxygen atoms in total. The lowest BCUT2D eigenvalue weighted by atomic mass is 10.0. The predicted octanol–water partition coefficient (Wildman–Crippen LogP) is 3.26. The van der Waals surface area contributed by atoms with Crippen LogP contribution in [-0.2, 0) is 0 Å². The number of hydrogen-bond acceptors (Lipinski definition) is 2. The Balaban J connectivity index is 2.60.